The van der Waals surface area contributed by atoms with Gasteiger partial charge in [0.2, 0.25) is 0 Å². The summed E-state index contributed by atoms with van der Waals surface area (Å²) in [7, 11) is 1.93. The van der Waals surface area contributed by atoms with Crippen LogP contribution in [0.15, 0.2) is 36.4 Å². The van der Waals surface area contributed by atoms with Gasteiger partial charge in [0.1, 0.15) is 0 Å². The number of nitrogens with two attached hydrogens (primary N) is 1. The highest BCUT2D eigenvalue weighted by atomic mass is 15.3. The Morgan fingerprint density at radius 3 is 2.57 bits per heavy atom. The fraction of sp³-hybridized carbons (Fsp3) is 0.182. The maximum absolute atomic E-state index is 5.53. The Hall–Kier alpha value is -1.61. The Morgan fingerprint density at radius 1 is 1.29 bits per heavy atom. The van der Waals surface area contributed by atoms with Crippen molar-refractivity contribution >= 4 is 0 Å². The molecule has 0 spiro atoms. The molecule has 0 fully saturated rings. The van der Waals surface area contributed by atoms with Gasteiger partial charge in [-0.3, -0.25) is 4.68 Å². The predicted molar refractivity (Wildman–Crippen MR) is 56.5 cm³/mol. The second-order valence-corrected chi connectivity index (χ2v) is 3.21. The minimum atomic E-state index is 0.487. The maximum Gasteiger partial charge on any atom is 0.0766 e. The zero-order valence-corrected chi connectivity index (χ0v) is 8.14. The van der Waals surface area contributed by atoms with Crippen LogP contribution >= 0.6 is 0 Å². The highest BCUT2D eigenvalue weighted by molar-refractivity contribution is 5.59. The smallest absolute Gasteiger partial charge is 0.0766 e. The van der Waals surface area contributed by atoms with Crippen molar-refractivity contribution in [1.29, 1.82) is 0 Å². The quantitative estimate of drug-likeness (QED) is 0.775. The van der Waals surface area contributed by atoms with E-state index in [4.69, 9.17) is 5.73 Å². The van der Waals surface area contributed by atoms with E-state index in [0.717, 1.165) is 11.4 Å². The Balaban J connectivity index is 2.46. The molecular weight excluding hydrogens is 174 g/mol. The molecule has 1 aromatic carbocycles. The van der Waals surface area contributed by atoms with Crippen LogP contribution < -0.4 is 5.73 Å². The molecule has 72 valence electrons. The molecule has 0 aliphatic rings. The molecule has 0 saturated heterocycles. The molecule has 14 heavy (non-hydrogen) atoms. The Bertz CT molecular complexity index is 417. The zero-order chi connectivity index (χ0) is 9.97. The van der Waals surface area contributed by atoms with Crippen LogP contribution in [0.3, 0.4) is 0 Å². The fourth-order valence-corrected chi connectivity index (χ4v) is 1.51. The second-order valence-electron chi connectivity index (χ2n) is 3.21. The van der Waals surface area contributed by atoms with Crippen molar-refractivity contribution in [3.05, 3.63) is 42.1 Å². The average Bonchev–Trinajstić information content (AvgIpc) is 2.61. The minimum Gasteiger partial charge on any atom is -0.325 e. The van der Waals surface area contributed by atoms with Gasteiger partial charge in [0.15, 0.2) is 0 Å². The van der Waals surface area contributed by atoms with Crippen molar-refractivity contribution in [2.45, 2.75) is 6.54 Å². The third-order valence-electron chi connectivity index (χ3n) is 2.21. The molecule has 2 N–H and O–H groups in total. The number of hydrogen-bond donors (Lipinski definition) is 1. The van der Waals surface area contributed by atoms with Crippen molar-refractivity contribution in [3.63, 3.8) is 0 Å². The van der Waals surface area contributed by atoms with Crippen molar-refractivity contribution in [1.82, 2.24) is 9.78 Å². The molecule has 2 rings (SSSR count). The molecule has 2 aromatic rings. The lowest BCUT2D eigenvalue weighted by Gasteiger charge is -1.99. The molecule has 3 heteroatoms. The molecule has 1 heterocycles. The van der Waals surface area contributed by atoms with E-state index in [2.05, 4.69) is 17.2 Å². The lowest BCUT2D eigenvalue weighted by atomic mass is 10.1. The van der Waals surface area contributed by atoms with E-state index >= 15 is 0 Å². The van der Waals surface area contributed by atoms with Crippen LogP contribution in [0.4, 0.5) is 0 Å². The summed E-state index contributed by atoms with van der Waals surface area (Å²) >= 11 is 0. The van der Waals surface area contributed by atoms with E-state index in [0.29, 0.717) is 6.54 Å². The van der Waals surface area contributed by atoms with Crippen molar-refractivity contribution in [2.75, 3.05) is 0 Å². The summed E-state index contributed by atoms with van der Waals surface area (Å²) in [4.78, 5) is 0. The SMILES string of the molecule is Cn1nc(CN)cc1-c1ccccc1. The first-order valence-electron chi connectivity index (χ1n) is 4.59. The molecule has 0 radical (unpaired) electrons. The van der Waals surface area contributed by atoms with Gasteiger partial charge in [-0.1, -0.05) is 30.3 Å². The van der Waals surface area contributed by atoms with Gasteiger partial charge in [0, 0.05) is 13.6 Å². The third-order valence-corrected chi connectivity index (χ3v) is 2.21. The van der Waals surface area contributed by atoms with E-state index in [1.807, 2.05) is 36.0 Å². The molecule has 3 nitrogen and oxygen atoms in total. The second kappa shape index (κ2) is 3.64. The average molecular weight is 187 g/mol. The van der Waals surface area contributed by atoms with Gasteiger partial charge in [0.25, 0.3) is 0 Å². The van der Waals surface area contributed by atoms with Crippen LogP contribution in [0.2, 0.25) is 0 Å². The molecule has 0 amide bonds. The molecule has 1 aromatic heterocycles. The van der Waals surface area contributed by atoms with Gasteiger partial charge in [0.05, 0.1) is 11.4 Å². The molecule has 0 unspecified atom stereocenters. The lowest BCUT2D eigenvalue weighted by Crippen LogP contribution is -1.98. The molecule has 0 atom stereocenters. The lowest BCUT2D eigenvalue weighted by molar-refractivity contribution is 0.749. The first-order valence-corrected chi connectivity index (χ1v) is 4.59. The Morgan fingerprint density at radius 2 is 2.00 bits per heavy atom. The molecule has 0 bridgehead atoms. The Labute approximate surface area is 83.2 Å². The Kier molecular flexibility index (Phi) is 2.33. The van der Waals surface area contributed by atoms with Crippen LogP contribution in [0.25, 0.3) is 11.3 Å². The minimum absolute atomic E-state index is 0.487. The van der Waals surface area contributed by atoms with Gasteiger partial charge in [-0.05, 0) is 11.6 Å². The highest BCUT2D eigenvalue weighted by Gasteiger charge is 2.04. The van der Waals surface area contributed by atoms with E-state index in [9.17, 15) is 0 Å². The predicted octanol–water partition coefficient (Wildman–Crippen LogP) is 1.55. The zero-order valence-electron chi connectivity index (χ0n) is 8.14. The molecular formula is C11H13N3. The van der Waals surface area contributed by atoms with E-state index in [-0.39, 0.29) is 0 Å². The van der Waals surface area contributed by atoms with Crippen LogP contribution in [-0.4, -0.2) is 9.78 Å². The summed E-state index contributed by atoms with van der Waals surface area (Å²) < 4.78 is 1.86. The summed E-state index contributed by atoms with van der Waals surface area (Å²) in [6, 6.07) is 12.2. The van der Waals surface area contributed by atoms with E-state index < -0.39 is 0 Å². The van der Waals surface area contributed by atoms with Crippen LogP contribution in [-0.2, 0) is 13.6 Å². The summed E-state index contributed by atoms with van der Waals surface area (Å²) in [6.45, 7) is 0.487. The fourth-order valence-electron chi connectivity index (χ4n) is 1.51. The van der Waals surface area contributed by atoms with Gasteiger partial charge in [-0.2, -0.15) is 5.10 Å². The summed E-state index contributed by atoms with van der Waals surface area (Å²) in [5.41, 5.74) is 8.73. The van der Waals surface area contributed by atoms with E-state index in [1.165, 1.54) is 5.56 Å². The van der Waals surface area contributed by atoms with Crippen molar-refractivity contribution < 1.29 is 0 Å². The van der Waals surface area contributed by atoms with Gasteiger partial charge in [-0.15, -0.1) is 0 Å². The largest absolute Gasteiger partial charge is 0.325 e. The summed E-state index contributed by atoms with van der Waals surface area (Å²) in [5.74, 6) is 0. The van der Waals surface area contributed by atoms with Crippen molar-refractivity contribution in [2.24, 2.45) is 12.8 Å². The standard InChI is InChI=1S/C11H13N3/c1-14-11(7-10(8-12)13-14)9-5-3-2-4-6-9/h2-7H,8,12H2,1H3. The third kappa shape index (κ3) is 1.54. The van der Waals surface area contributed by atoms with Crippen LogP contribution in [0.5, 0.6) is 0 Å². The normalized spacial score (nSPS) is 10.4. The summed E-state index contributed by atoms with van der Waals surface area (Å²) in [5, 5.41) is 4.30. The van der Waals surface area contributed by atoms with Gasteiger partial charge < -0.3 is 5.73 Å². The number of rotatable bonds is 2. The summed E-state index contributed by atoms with van der Waals surface area (Å²) in [6.07, 6.45) is 0. The van der Waals surface area contributed by atoms with Crippen LogP contribution in [0, 0.1) is 0 Å². The number of aryl methyl sites for hydroxylation is 1. The van der Waals surface area contributed by atoms with E-state index in [1.54, 1.807) is 0 Å². The number of benzene rings is 1. The first-order chi connectivity index (χ1) is 6.81. The molecule has 0 saturated carbocycles. The monoisotopic (exact) mass is 187 g/mol. The molecule has 0 aliphatic heterocycles. The number of nitrogens with zero attached hydrogens (tertiary/aromatic N) is 2. The molecule has 0 aliphatic carbocycles. The topological polar surface area (TPSA) is 43.8 Å². The highest BCUT2D eigenvalue weighted by Crippen LogP contribution is 2.18. The maximum atomic E-state index is 5.53. The van der Waals surface area contributed by atoms with Gasteiger partial charge >= 0.3 is 0 Å². The number of aromatic nitrogens is 2. The van der Waals surface area contributed by atoms with Crippen LogP contribution in [0.1, 0.15) is 5.69 Å². The first kappa shape index (κ1) is 8.97. The van der Waals surface area contributed by atoms with Gasteiger partial charge in [-0.25, -0.2) is 0 Å². The van der Waals surface area contributed by atoms with Crippen molar-refractivity contribution in [3.8, 4) is 11.3 Å². The number of hydrogen-bond acceptors (Lipinski definition) is 2.